The molecule has 0 radical (unpaired) electrons. The third kappa shape index (κ3) is 5.73. The molecule has 21 heavy (non-hydrogen) atoms. The Morgan fingerprint density at radius 1 is 1.29 bits per heavy atom. The molecule has 0 aromatic heterocycles. The topological polar surface area (TPSA) is 81.7 Å². The molecule has 0 aliphatic heterocycles. The van der Waals surface area contributed by atoms with Crippen LogP contribution in [-0.4, -0.2) is 32.9 Å². The summed E-state index contributed by atoms with van der Waals surface area (Å²) in [5.41, 5.74) is 0.914. The Bertz CT molecular complexity index is 572. The molecule has 0 unspecified atom stereocenters. The lowest BCUT2D eigenvalue weighted by atomic mass is 10.2. The molecule has 0 saturated heterocycles. The van der Waals surface area contributed by atoms with Crippen molar-refractivity contribution in [1.29, 1.82) is 0 Å². The van der Waals surface area contributed by atoms with Gasteiger partial charge in [0.25, 0.3) is 10.1 Å². The quantitative estimate of drug-likeness (QED) is 0.838. The average molecular weight is 313 g/mol. The maximum atomic E-state index is 11.7. The van der Waals surface area contributed by atoms with E-state index in [-0.39, 0.29) is 18.8 Å². The number of rotatable bonds is 5. The predicted octanol–water partition coefficient (Wildman–Crippen LogP) is 1.81. The highest BCUT2D eigenvalue weighted by atomic mass is 32.2. The molecule has 2 rings (SSSR count). The summed E-state index contributed by atoms with van der Waals surface area (Å²) in [4.78, 5) is 11.7. The zero-order valence-corrected chi connectivity index (χ0v) is 12.6. The molecule has 1 fully saturated rings. The highest BCUT2D eigenvalue weighted by molar-refractivity contribution is 7.86. The van der Waals surface area contributed by atoms with Gasteiger partial charge < -0.3 is 10.1 Å². The van der Waals surface area contributed by atoms with E-state index in [1.165, 1.54) is 0 Å². The standard InChI is InChI=1S/C14H19NO5S/c1-21(17,18)20-13-8-7-12(9-13)15-14(16)19-10-11-5-3-2-4-6-11/h2-6,12-13H,7-10H2,1H3,(H,15,16)/t12-,13-/m0/s1. The Morgan fingerprint density at radius 2 is 2.00 bits per heavy atom. The van der Waals surface area contributed by atoms with Gasteiger partial charge in [0, 0.05) is 6.04 Å². The van der Waals surface area contributed by atoms with Gasteiger partial charge in [0.15, 0.2) is 0 Å². The van der Waals surface area contributed by atoms with Gasteiger partial charge >= 0.3 is 6.09 Å². The number of carbonyl (C=O) groups is 1. The molecule has 116 valence electrons. The van der Waals surface area contributed by atoms with E-state index in [0.717, 1.165) is 11.8 Å². The maximum Gasteiger partial charge on any atom is 0.407 e. The first-order valence-corrected chi connectivity index (χ1v) is 8.59. The van der Waals surface area contributed by atoms with E-state index in [9.17, 15) is 13.2 Å². The molecule has 1 aromatic carbocycles. The number of ether oxygens (including phenoxy) is 1. The van der Waals surface area contributed by atoms with Crippen LogP contribution >= 0.6 is 0 Å². The number of hydrogen-bond acceptors (Lipinski definition) is 5. The van der Waals surface area contributed by atoms with Gasteiger partial charge in [-0.25, -0.2) is 4.79 Å². The van der Waals surface area contributed by atoms with Crippen molar-refractivity contribution in [3.8, 4) is 0 Å². The van der Waals surface area contributed by atoms with E-state index < -0.39 is 16.2 Å². The predicted molar refractivity (Wildman–Crippen MR) is 77.1 cm³/mol. The number of nitrogens with one attached hydrogen (secondary N) is 1. The van der Waals surface area contributed by atoms with Gasteiger partial charge in [0.1, 0.15) is 6.61 Å². The monoisotopic (exact) mass is 313 g/mol. The van der Waals surface area contributed by atoms with Crippen LogP contribution in [0.4, 0.5) is 4.79 Å². The SMILES string of the molecule is CS(=O)(=O)O[C@H]1CC[C@H](NC(=O)OCc2ccccc2)C1. The summed E-state index contributed by atoms with van der Waals surface area (Å²) in [6.07, 6.45) is 1.94. The molecule has 1 amide bonds. The minimum absolute atomic E-state index is 0.111. The lowest BCUT2D eigenvalue weighted by Crippen LogP contribution is -2.34. The van der Waals surface area contributed by atoms with Crippen molar-refractivity contribution in [2.75, 3.05) is 6.26 Å². The summed E-state index contributed by atoms with van der Waals surface area (Å²) in [5.74, 6) is 0. The number of alkyl carbamates (subject to hydrolysis) is 1. The number of carbonyl (C=O) groups excluding carboxylic acids is 1. The van der Waals surface area contributed by atoms with Crippen LogP contribution in [0.15, 0.2) is 30.3 Å². The molecule has 7 heteroatoms. The second-order valence-corrected chi connectivity index (χ2v) is 6.74. The van der Waals surface area contributed by atoms with Crippen molar-refractivity contribution in [3.63, 3.8) is 0 Å². The van der Waals surface area contributed by atoms with Crippen LogP contribution in [0.25, 0.3) is 0 Å². The van der Waals surface area contributed by atoms with E-state index in [4.69, 9.17) is 8.92 Å². The van der Waals surface area contributed by atoms with Crippen molar-refractivity contribution in [3.05, 3.63) is 35.9 Å². The van der Waals surface area contributed by atoms with Crippen molar-refractivity contribution in [2.24, 2.45) is 0 Å². The molecule has 1 aliphatic rings. The first kappa shape index (κ1) is 15.8. The van der Waals surface area contributed by atoms with E-state index in [2.05, 4.69) is 5.32 Å². The second kappa shape index (κ2) is 6.91. The lowest BCUT2D eigenvalue weighted by molar-refractivity contribution is 0.135. The van der Waals surface area contributed by atoms with Crippen LogP contribution in [0.3, 0.4) is 0 Å². The Kier molecular flexibility index (Phi) is 5.19. The van der Waals surface area contributed by atoms with Crippen LogP contribution in [0, 0.1) is 0 Å². The smallest absolute Gasteiger partial charge is 0.407 e. The average Bonchev–Trinajstić information content (AvgIpc) is 2.82. The van der Waals surface area contributed by atoms with Gasteiger partial charge in [0.05, 0.1) is 12.4 Å². The molecular formula is C14H19NO5S. The van der Waals surface area contributed by atoms with Gasteiger partial charge in [-0.05, 0) is 24.8 Å². The lowest BCUT2D eigenvalue weighted by Gasteiger charge is -2.13. The van der Waals surface area contributed by atoms with Crippen LogP contribution in [0.1, 0.15) is 24.8 Å². The number of benzene rings is 1. The zero-order valence-electron chi connectivity index (χ0n) is 11.8. The second-order valence-electron chi connectivity index (χ2n) is 5.14. The zero-order chi connectivity index (χ0) is 15.3. The molecule has 1 aliphatic carbocycles. The Labute approximate surface area is 124 Å². The van der Waals surface area contributed by atoms with Gasteiger partial charge in [-0.1, -0.05) is 30.3 Å². The fraction of sp³-hybridized carbons (Fsp3) is 0.500. The van der Waals surface area contributed by atoms with Crippen molar-refractivity contribution in [2.45, 2.75) is 38.0 Å². The molecule has 0 heterocycles. The highest BCUT2D eigenvalue weighted by Crippen LogP contribution is 2.23. The van der Waals surface area contributed by atoms with E-state index in [1.807, 2.05) is 30.3 Å². The molecule has 6 nitrogen and oxygen atoms in total. The van der Waals surface area contributed by atoms with Crippen LogP contribution < -0.4 is 5.32 Å². The molecule has 1 aromatic rings. The molecule has 1 saturated carbocycles. The Hall–Kier alpha value is -1.60. The fourth-order valence-corrected chi connectivity index (χ4v) is 3.01. The normalized spacial score (nSPS) is 22.0. The molecular weight excluding hydrogens is 294 g/mol. The Balaban J connectivity index is 1.72. The van der Waals surface area contributed by atoms with Gasteiger partial charge in [-0.3, -0.25) is 4.18 Å². The minimum Gasteiger partial charge on any atom is -0.445 e. The van der Waals surface area contributed by atoms with E-state index in [0.29, 0.717) is 19.3 Å². The first-order chi connectivity index (χ1) is 9.92. The largest absolute Gasteiger partial charge is 0.445 e. The number of amides is 1. The fourth-order valence-electron chi connectivity index (χ4n) is 2.34. The van der Waals surface area contributed by atoms with Crippen molar-refractivity contribution >= 4 is 16.2 Å². The third-order valence-corrected chi connectivity index (χ3v) is 3.85. The summed E-state index contributed by atoms with van der Waals surface area (Å²) in [6, 6.07) is 9.28. The van der Waals surface area contributed by atoms with Crippen LogP contribution in [-0.2, 0) is 25.6 Å². The van der Waals surface area contributed by atoms with Crippen molar-refractivity contribution < 1.29 is 22.1 Å². The van der Waals surface area contributed by atoms with Crippen molar-refractivity contribution in [1.82, 2.24) is 5.32 Å². The third-order valence-electron chi connectivity index (χ3n) is 3.23. The Morgan fingerprint density at radius 3 is 2.67 bits per heavy atom. The summed E-state index contributed by atoms with van der Waals surface area (Å²) >= 11 is 0. The summed E-state index contributed by atoms with van der Waals surface area (Å²) in [7, 11) is -3.45. The molecule has 1 N–H and O–H groups in total. The van der Waals surface area contributed by atoms with Gasteiger partial charge in [0.2, 0.25) is 0 Å². The van der Waals surface area contributed by atoms with Gasteiger partial charge in [-0.15, -0.1) is 0 Å². The molecule has 0 spiro atoms. The molecule has 0 bridgehead atoms. The van der Waals surface area contributed by atoms with Gasteiger partial charge in [-0.2, -0.15) is 8.42 Å². The highest BCUT2D eigenvalue weighted by Gasteiger charge is 2.29. The summed E-state index contributed by atoms with van der Waals surface area (Å²) in [6.45, 7) is 0.211. The van der Waals surface area contributed by atoms with E-state index in [1.54, 1.807) is 0 Å². The summed E-state index contributed by atoms with van der Waals surface area (Å²) < 4.78 is 32.1. The van der Waals surface area contributed by atoms with E-state index >= 15 is 0 Å². The first-order valence-electron chi connectivity index (χ1n) is 6.78. The number of hydrogen-bond donors (Lipinski definition) is 1. The maximum absolute atomic E-state index is 11.7. The summed E-state index contributed by atoms with van der Waals surface area (Å²) in [5, 5.41) is 2.73. The van der Waals surface area contributed by atoms with Crippen LogP contribution in [0.5, 0.6) is 0 Å². The minimum atomic E-state index is -3.45. The van der Waals surface area contributed by atoms with Crippen LogP contribution in [0.2, 0.25) is 0 Å². The molecule has 2 atom stereocenters.